The molecule has 0 amide bonds. The van der Waals surface area contributed by atoms with E-state index in [0.29, 0.717) is 12.6 Å². The molecule has 0 aromatic carbocycles. The third-order valence-electron chi connectivity index (χ3n) is 2.51. The quantitative estimate of drug-likeness (QED) is 0.584. The van der Waals surface area contributed by atoms with E-state index in [0.717, 1.165) is 13.0 Å². The van der Waals surface area contributed by atoms with E-state index in [1.807, 2.05) is 0 Å². The summed E-state index contributed by atoms with van der Waals surface area (Å²) in [5, 5.41) is 9.49. The number of hydrogen-bond acceptors (Lipinski definition) is 3. The van der Waals surface area contributed by atoms with Gasteiger partial charge in [-0.25, -0.2) is 0 Å². The van der Waals surface area contributed by atoms with Gasteiger partial charge in [0.05, 0.1) is 6.10 Å². The molecule has 1 rings (SSSR count). The Morgan fingerprint density at radius 3 is 2.91 bits per heavy atom. The lowest BCUT2D eigenvalue weighted by atomic mass is 9.98. The molecule has 0 aliphatic carbocycles. The van der Waals surface area contributed by atoms with Gasteiger partial charge in [-0.05, 0) is 26.4 Å². The zero-order valence-electron chi connectivity index (χ0n) is 7.16. The Hall–Kier alpha value is -0.120. The van der Waals surface area contributed by atoms with E-state index in [-0.39, 0.29) is 6.10 Å². The first kappa shape index (κ1) is 8.97. The normalized spacial score (nSPS) is 30.3. The van der Waals surface area contributed by atoms with Crippen LogP contribution in [0.2, 0.25) is 0 Å². The van der Waals surface area contributed by atoms with E-state index in [1.165, 1.54) is 12.8 Å². The standard InChI is InChI=1S/C8H18N2O/c1-10-5-3-2-4-7(10)8(11)6-9/h7-8,11H,2-6,9H2,1H3. The maximum Gasteiger partial charge on any atom is 0.0817 e. The molecule has 0 spiro atoms. The van der Waals surface area contributed by atoms with Crippen molar-refractivity contribution in [3.63, 3.8) is 0 Å². The molecule has 0 saturated carbocycles. The van der Waals surface area contributed by atoms with Gasteiger partial charge < -0.3 is 15.7 Å². The molecule has 0 bridgehead atoms. The molecule has 0 radical (unpaired) electrons. The van der Waals surface area contributed by atoms with Crippen molar-refractivity contribution in [2.45, 2.75) is 31.4 Å². The Labute approximate surface area is 68.2 Å². The first-order chi connectivity index (χ1) is 5.25. The van der Waals surface area contributed by atoms with Gasteiger partial charge in [0.25, 0.3) is 0 Å². The molecule has 3 nitrogen and oxygen atoms in total. The summed E-state index contributed by atoms with van der Waals surface area (Å²) in [6, 6.07) is 0.300. The van der Waals surface area contributed by atoms with Gasteiger partial charge in [-0.3, -0.25) is 0 Å². The van der Waals surface area contributed by atoms with Crippen LogP contribution in [0.4, 0.5) is 0 Å². The number of aliphatic hydroxyl groups excluding tert-OH is 1. The number of likely N-dealkylation sites (tertiary alicyclic amines) is 1. The molecular formula is C8H18N2O. The lowest BCUT2D eigenvalue weighted by Crippen LogP contribution is -2.47. The van der Waals surface area contributed by atoms with Crippen molar-refractivity contribution >= 4 is 0 Å². The smallest absolute Gasteiger partial charge is 0.0817 e. The number of hydrogen-bond donors (Lipinski definition) is 2. The van der Waals surface area contributed by atoms with Crippen LogP contribution in [0.5, 0.6) is 0 Å². The zero-order chi connectivity index (χ0) is 8.27. The van der Waals surface area contributed by atoms with E-state index in [9.17, 15) is 5.11 Å². The molecule has 3 N–H and O–H groups in total. The molecule has 1 fully saturated rings. The Bertz CT molecular complexity index is 115. The molecule has 1 saturated heterocycles. The molecule has 1 aliphatic heterocycles. The summed E-state index contributed by atoms with van der Waals surface area (Å²) in [6.07, 6.45) is 3.24. The number of piperidine rings is 1. The summed E-state index contributed by atoms with van der Waals surface area (Å²) in [7, 11) is 2.06. The minimum atomic E-state index is -0.333. The van der Waals surface area contributed by atoms with Gasteiger partial charge in [0.2, 0.25) is 0 Å². The second-order valence-electron chi connectivity index (χ2n) is 3.35. The van der Waals surface area contributed by atoms with Crippen molar-refractivity contribution < 1.29 is 5.11 Å². The summed E-state index contributed by atoms with van der Waals surface area (Å²) < 4.78 is 0. The topological polar surface area (TPSA) is 49.5 Å². The Balaban J connectivity index is 2.40. The Kier molecular flexibility index (Phi) is 3.30. The van der Waals surface area contributed by atoms with Crippen molar-refractivity contribution in [1.82, 2.24) is 4.90 Å². The van der Waals surface area contributed by atoms with Crippen LogP contribution in [-0.2, 0) is 0 Å². The number of aliphatic hydroxyl groups is 1. The number of nitrogens with two attached hydrogens (primary N) is 1. The van der Waals surface area contributed by atoms with Crippen LogP contribution >= 0.6 is 0 Å². The van der Waals surface area contributed by atoms with Crippen LogP contribution in [0.25, 0.3) is 0 Å². The van der Waals surface area contributed by atoms with E-state index in [2.05, 4.69) is 11.9 Å². The summed E-state index contributed by atoms with van der Waals surface area (Å²) in [4.78, 5) is 2.21. The lowest BCUT2D eigenvalue weighted by Gasteiger charge is -2.35. The molecule has 66 valence electrons. The maximum atomic E-state index is 9.49. The highest BCUT2D eigenvalue weighted by Gasteiger charge is 2.24. The third-order valence-corrected chi connectivity index (χ3v) is 2.51. The second-order valence-corrected chi connectivity index (χ2v) is 3.35. The molecule has 2 atom stereocenters. The highest BCUT2D eigenvalue weighted by atomic mass is 16.3. The SMILES string of the molecule is CN1CCCCC1C(O)CN. The molecule has 2 unspecified atom stereocenters. The van der Waals surface area contributed by atoms with Crippen molar-refractivity contribution in [2.75, 3.05) is 20.1 Å². The van der Waals surface area contributed by atoms with Gasteiger partial charge in [0.1, 0.15) is 0 Å². The molecule has 0 aromatic heterocycles. The van der Waals surface area contributed by atoms with Crippen LogP contribution in [0.15, 0.2) is 0 Å². The minimum Gasteiger partial charge on any atom is -0.390 e. The van der Waals surface area contributed by atoms with Crippen molar-refractivity contribution in [3.8, 4) is 0 Å². The average Bonchev–Trinajstić information content (AvgIpc) is 2.04. The van der Waals surface area contributed by atoms with Crippen molar-refractivity contribution in [1.29, 1.82) is 0 Å². The highest BCUT2D eigenvalue weighted by molar-refractivity contribution is 4.81. The highest BCUT2D eigenvalue weighted by Crippen LogP contribution is 2.17. The fourth-order valence-corrected chi connectivity index (χ4v) is 1.74. The van der Waals surface area contributed by atoms with E-state index in [4.69, 9.17) is 5.73 Å². The molecule has 3 heteroatoms. The summed E-state index contributed by atoms with van der Waals surface area (Å²) >= 11 is 0. The van der Waals surface area contributed by atoms with Crippen LogP contribution < -0.4 is 5.73 Å². The number of likely N-dealkylation sites (N-methyl/N-ethyl adjacent to an activating group) is 1. The van der Waals surface area contributed by atoms with Crippen LogP contribution in [0.3, 0.4) is 0 Å². The molecule has 11 heavy (non-hydrogen) atoms. The van der Waals surface area contributed by atoms with Gasteiger partial charge in [-0.1, -0.05) is 6.42 Å². The molecule has 1 heterocycles. The minimum absolute atomic E-state index is 0.300. The average molecular weight is 158 g/mol. The van der Waals surface area contributed by atoms with Crippen LogP contribution in [0.1, 0.15) is 19.3 Å². The molecule has 0 aromatic rings. The molecular weight excluding hydrogens is 140 g/mol. The fraction of sp³-hybridized carbons (Fsp3) is 1.00. The summed E-state index contributed by atoms with van der Waals surface area (Å²) in [5.74, 6) is 0. The monoisotopic (exact) mass is 158 g/mol. The van der Waals surface area contributed by atoms with Gasteiger partial charge in [0.15, 0.2) is 0 Å². The zero-order valence-corrected chi connectivity index (χ0v) is 7.16. The predicted octanol–water partition coefficient (Wildman–Crippen LogP) is -0.210. The predicted molar refractivity (Wildman–Crippen MR) is 45.3 cm³/mol. The summed E-state index contributed by atoms with van der Waals surface area (Å²) in [5.41, 5.74) is 5.39. The first-order valence-corrected chi connectivity index (χ1v) is 4.34. The van der Waals surface area contributed by atoms with Crippen LogP contribution in [-0.4, -0.2) is 42.3 Å². The largest absolute Gasteiger partial charge is 0.390 e. The Morgan fingerprint density at radius 1 is 1.64 bits per heavy atom. The van der Waals surface area contributed by atoms with Crippen molar-refractivity contribution in [2.24, 2.45) is 5.73 Å². The molecule has 1 aliphatic rings. The maximum absolute atomic E-state index is 9.49. The Morgan fingerprint density at radius 2 is 2.36 bits per heavy atom. The van der Waals surface area contributed by atoms with Gasteiger partial charge in [-0.15, -0.1) is 0 Å². The van der Waals surface area contributed by atoms with Crippen molar-refractivity contribution in [3.05, 3.63) is 0 Å². The third kappa shape index (κ3) is 2.15. The first-order valence-electron chi connectivity index (χ1n) is 4.34. The van der Waals surface area contributed by atoms with E-state index < -0.39 is 0 Å². The van der Waals surface area contributed by atoms with E-state index in [1.54, 1.807) is 0 Å². The lowest BCUT2D eigenvalue weighted by molar-refractivity contribution is 0.0467. The van der Waals surface area contributed by atoms with Crippen LogP contribution in [0, 0.1) is 0 Å². The number of rotatable bonds is 2. The van der Waals surface area contributed by atoms with Gasteiger partial charge in [0, 0.05) is 12.6 Å². The van der Waals surface area contributed by atoms with Gasteiger partial charge >= 0.3 is 0 Å². The summed E-state index contributed by atoms with van der Waals surface area (Å²) in [6.45, 7) is 1.48. The fourth-order valence-electron chi connectivity index (χ4n) is 1.74. The van der Waals surface area contributed by atoms with Gasteiger partial charge in [-0.2, -0.15) is 0 Å². The second kappa shape index (κ2) is 4.04. The number of nitrogens with zero attached hydrogens (tertiary/aromatic N) is 1. The van der Waals surface area contributed by atoms with E-state index >= 15 is 0 Å².